The molecule has 0 saturated carbocycles. The molecule has 1 rings (SSSR count). The van der Waals surface area contributed by atoms with Crippen LogP contribution in [0.4, 0.5) is 0 Å². The molecule has 0 spiro atoms. The van der Waals surface area contributed by atoms with Crippen LogP contribution in [-0.2, 0) is 9.59 Å². The molecule has 0 radical (unpaired) electrons. The Kier molecular flexibility index (Phi) is 5.29. The van der Waals surface area contributed by atoms with E-state index < -0.39 is 0 Å². The minimum atomic E-state index is -0.00988. The first-order chi connectivity index (χ1) is 7.65. The lowest BCUT2D eigenvalue weighted by Crippen LogP contribution is -2.43. The van der Waals surface area contributed by atoms with Crippen molar-refractivity contribution < 1.29 is 9.59 Å². The van der Waals surface area contributed by atoms with Crippen molar-refractivity contribution in [2.24, 2.45) is 5.92 Å². The van der Waals surface area contributed by atoms with Crippen molar-refractivity contribution in [3.05, 3.63) is 0 Å². The number of unbranched alkanes of at least 4 members (excludes halogenated alkanes) is 2. The van der Waals surface area contributed by atoms with Crippen molar-refractivity contribution in [1.82, 2.24) is 10.2 Å². The molecule has 1 fully saturated rings. The van der Waals surface area contributed by atoms with E-state index in [4.69, 9.17) is 0 Å². The van der Waals surface area contributed by atoms with Gasteiger partial charge in [0.25, 0.3) is 0 Å². The van der Waals surface area contributed by atoms with Gasteiger partial charge in [0, 0.05) is 26.6 Å². The highest BCUT2D eigenvalue weighted by molar-refractivity contribution is 5.83. The van der Waals surface area contributed by atoms with Crippen LogP contribution in [0.2, 0.25) is 0 Å². The quantitative estimate of drug-likeness (QED) is 0.715. The molecule has 2 amide bonds. The lowest BCUT2D eigenvalue weighted by atomic mass is 9.98. The van der Waals surface area contributed by atoms with Crippen LogP contribution >= 0.6 is 0 Å². The molecule has 1 unspecified atom stereocenters. The number of nitrogens with one attached hydrogen (secondary N) is 1. The molecule has 0 aromatic carbocycles. The summed E-state index contributed by atoms with van der Waals surface area (Å²) in [5, 5.41) is 2.75. The van der Waals surface area contributed by atoms with Gasteiger partial charge in [-0.25, -0.2) is 0 Å². The zero-order valence-electron chi connectivity index (χ0n) is 10.3. The number of nitrogens with zero attached hydrogens (tertiary/aromatic N) is 1. The number of rotatable bonds is 5. The van der Waals surface area contributed by atoms with Gasteiger partial charge in [0.1, 0.15) is 0 Å². The molecule has 1 N–H and O–H groups in total. The standard InChI is InChI=1S/C12H22N2O2/c1-3-4-5-8-14(2)12(16)10-6-7-11(15)13-9-10/h10H,3-9H2,1-2H3,(H,13,15). The Morgan fingerprint density at radius 3 is 2.81 bits per heavy atom. The SMILES string of the molecule is CCCCCN(C)C(=O)C1CCC(=O)NC1. The van der Waals surface area contributed by atoms with Crippen LogP contribution in [0.25, 0.3) is 0 Å². The molecule has 0 aromatic heterocycles. The van der Waals surface area contributed by atoms with E-state index in [0.717, 1.165) is 13.0 Å². The molecule has 92 valence electrons. The molecule has 1 aliphatic rings. The summed E-state index contributed by atoms with van der Waals surface area (Å²) in [7, 11) is 1.86. The molecule has 16 heavy (non-hydrogen) atoms. The maximum absolute atomic E-state index is 12.0. The van der Waals surface area contributed by atoms with E-state index in [1.165, 1.54) is 12.8 Å². The largest absolute Gasteiger partial charge is 0.355 e. The second kappa shape index (κ2) is 6.51. The molecular formula is C12H22N2O2. The van der Waals surface area contributed by atoms with E-state index in [0.29, 0.717) is 19.4 Å². The predicted octanol–water partition coefficient (Wildman–Crippen LogP) is 1.16. The van der Waals surface area contributed by atoms with E-state index in [2.05, 4.69) is 12.2 Å². The molecule has 0 bridgehead atoms. The van der Waals surface area contributed by atoms with Crippen molar-refractivity contribution in [2.45, 2.75) is 39.0 Å². The number of amides is 2. The second-order valence-corrected chi connectivity index (χ2v) is 4.51. The number of hydrogen-bond acceptors (Lipinski definition) is 2. The van der Waals surface area contributed by atoms with Crippen molar-refractivity contribution in [1.29, 1.82) is 0 Å². The molecule has 1 saturated heterocycles. The van der Waals surface area contributed by atoms with E-state index in [1.807, 2.05) is 7.05 Å². The Morgan fingerprint density at radius 1 is 1.50 bits per heavy atom. The maximum Gasteiger partial charge on any atom is 0.227 e. The summed E-state index contributed by atoms with van der Waals surface area (Å²) < 4.78 is 0. The number of piperidine rings is 1. The summed E-state index contributed by atoms with van der Waals surface area (Å²) in [6.07, 6.45) is 4.58. The monoisotopic (exact) mass is 226 g/mol. The first kappa shape index (κ1) is 13.0. The second-order valence-electron chi connectivity index (χ2n) is 4.51. The van der Waals surface area contributed by atoms with Crippen LogP contribution in [0.3, 0.4) is 0 Å². The van der Waals surface area contributed by atoms with Crippen LogP contribution in [-0.4, -0.2) is 36.9 Å². The summed E-state index contributed by atoms with van der Waals surface area (Å²) in [6.45, 7) is 3.49. The summed E-state index contributed by atoms with van der Waals surface area (Å²) in [6, 6.07) is 0. The summed E-state index contributed by atoms with van der Waals surface area (Å²) >= 11 is 0. The van der Waals surface area contributed by atoms with Crippen LogP contribution in [0.1, 0.15) is 39.0 Å². The average molecular weight is 226 g/mol. The third-order valence-electron chi connectivity index (χ3n) is 3.09. The van der Waals surface area contributed by atoms with Gasteiger partial charge in [0.2, 0.25) is 11.8 Å². The van der Waals surface area contributed by atoms with E-state index >= 15 is 0 Å². The fourth-order valence-electron chi connectivity index (χ4n) is 1.96. The molecule has 1 heterocycles. The van der Waals surface area contributed by atoms with Crippen LogP contribution in [0.15, 0.2) is 0 Å². The van der Waals surface area contributed by atoms with Crippen LogP contribution < -0.4 is 5.32 Å². The summed E-state index contributed by atoms with van der Waals surface area (Å²) in [4.78, 5) is 24.8. The van der Waals surface area contributed by atoms with Gasteiger partial charge in [0.15, 0.2) is 0 Å². The van der Waals surface area contributed by atoms with Crippen molar-refractivity contribution in [2.75, 3.05) is 20.1 Å². The van der Waals surface area contributed by atoms with E-state index in [1.54, 1.807) is 4.90 Å². The zero-order valence-corrected chi connectivity index (χ0v) is 10.3. The Balaban J connectivity index is 2.29. The smallest absolute Gasteiger partial charge is 0.227 e. The van der Waals surface area contributed by atoms with Gasteiger partial charge in [-0.2, -0.15) is 0 Å². The first-order valence-electron chi connectivity index (χ1n) is 6.16. The van der Waals surface area contributed by atoms with Gasteiger partial charge < -0.3 is 10.2 Å². The highest BCUT2D eigenvalue weighted by Crippen LogP contribution is 2.13. The van der Waals surface area contributed by atoms with Crippen molar-refractivity contribution >= 4 is 11.8 Å². The third kappa shape index (κ3) is 3.83. The Hall–Kier alpha value is -1.06. The van der Waals surface area contributed by atoms with Gasteiger partial charge in [-0.1, -0.05) is 19.8 Å². The molecule has 4 nitrogen and oxygen atoms in total. The lowest BCUT2D eigenvalue weighted by Gasteiger charge is -2.26. The first-order valence-corrected chi connectivity index (χ1v) is 6.16. The average Bonchev–Trinajstić information content (AvgIpc) is 2.29. The Morgan fingerprint density at radius 2 is 2.25 bits per heavy atom. The van der Waals surface area contributed by atoms with Crippen LogP contribution in [0, 0.1) is 5.92 Å². The van der Waals surface area contributed by atoms with E-state index in [9.17, 15) is 9.59 Å². The lowest BCUT2D eigenvalue weighted by molar-refractivity contribution is -0.136. The van der Waals surface area contributed by atoms with Gasteiger partial charge in [-0.15, -0.1) is 0 Å². The van der Waals surface area contributed by atoms with Crippen molar-refractivity contribution in [3.8, 4) is 0 Å². The summed E-state index contributed by atoms with van der Waals surface area (Å²) in [5.41, 5.74) is 0. The molecule has 4 heteroatoms. The zero-order chi connectivity index (χ0) is 12.0. The minimum Gasteiger partial charge on any atom is -0.355 e. The molecule has 0 aliphatic carbocycles. The highest BCUT2D eigenvalue weighted by atomic mass is 16.2. The van der Waals surface area contributed by atoms with E-state index in [-0.39, 0.29) is 17.7 Å². The Labute approximate surface area is 97.4 Å². The van der Waals surface area contributed by atoms with Gasteiger partial charge in [-0.3, -0.25) is 9.59 Å². The number of carbonyl (C=O) groups is 2. The molecular weight excluding hydrogens is 204 g/mol. The van der Waals surface area contributed by atoms with Crippen LogP contribution in [0.5, 0.6) is 0 Å². The predicted molar refractivity (Wildman–Crippen MR) is 62.9 cm³/mol. The minimum absolute atomic E-state index is 0.00988. The number of hydrogen-bond donors (Lipinski definition) is 1. The van der Waals surface area contributed by atoms with Gasteiger partial charge in [-0.05, 0) is 12.8 Å². The van der Waals surface area contributed by atoms with Gasteiger partial charge in [0.05, 0.1) is 5.92 Å². The number of carbonyl (C=O) groups excluding carboxylic acids is 2. The fraction of sp³-hybridized carbons (Fsp3) is 0.833. The topological polar surface area (TPSA) is 49.4 Å². The highest BCUT2D eigenvalue weighted by Gasteiger charge is 2.26. The van der Waals surface area contributed by atoms with Crippen molar-refractivity contribution in [3.63, 3.8) is 0 Å². The molecule has 1 aliphatic heterocycles. The summed E-state index contributed by atoms with van der Waals surface area (Å²) in [5.74, 6) is 0.234. The maximum atomic E-state index is 12.0. The normalized spacial score (nSPS) is 20.4. The third-order valence-corrected chi connectivity index (χ3v) is 3.09. The van der Waals surface area contributed by atoms with Gasteiger partial charge >= 0.3 is 0 Å². The molecule has 1 atom stereocenters. The molecule has 0 aromatic rings. The Bertz CT molecular complexity index is 243. The fourth-order valence-corrected chi connectivity index (χ4v) is 1.96.